The number of hydrogen-bond acceptors (Lipinski definition) is 3. The highest BCUT2D eigenvalue weighted by Crippen LogP contribution is 2.33. The summed E-state index contributed by atoms with van der Waals surface area (Å²) in [5.41, 5.74) is -1.07. The SMILES string of the molecule is C=C(C)[C@]1(O)CCC(C)C(O)C1=O. The van der Waals surface area contributed by atoms with Crippen molar-refractivity contribution in [3.63, 3.8) is 0 Å². The maximum Gasteiger partial charge on any atom is 0.197 e. The van der Waals surface area contributed by atoms with Gasteiger partial charge in [-0.15, -0.1) is 0 Å². The van der Waals surface area contributed by atoms with Crippen LogP contribution in [0.2, 0.25) is 0 Å². The van der Waals surface area contributed by atoms with Crippen molar-refractivity contribution in [3.05, 3.63) is 12.2 Å². The summed E-state index contributed by atoms with van der Waals surface area (Å²) in [6.07, 6.45) is -0.0224. The molecule has 0 aromatic heterocycles. The van der Waals surface area contributed by atoms with Crippen LogP contribution in [0.1, 0.15) is 26.7 Å². The van der Waals surface area contributed by atoms with Crippen LogP contribution in [0.5, 0.6) is 0 Å². The highest BCUT2D eigenvalue weighted by Gasteiger charge is 2.45. The van der Waals surface area contributed by atoms with Gasteiger partial charge in [0, 0.05) is 0 Å². The van der Waals surface area contributed by atoms with Crippen LogP contribution >= 0.6 is 0 Å². The summed E-state index contributed by atoms with van der Waals surface area (Å²) >= 11 is 0. The molecule has 3 nitrogen and oxygen atoms in total. The molecular formula is C10H16O3. The molecule has 1 fully saturated rings. The van der Waals surface area contributed by atoms with Crippen molar-refractivity contribution < 1.29 is 15.0 Å². The Hall–Kier alpha value is -0.670. The van der Waals surface area contributed by atoms with E-state index < -0.39 is 17.5 Å². The molecule has 1 aliphatic carbocycles. The molecule has 3 heteroatoms. The first kappa shape index (κ1) is 10.4. The standard InChI is InChI=1S/C10H16O3/c1-6(2)10(13)5-4-7(3)8(11)9(10)12/h7-8,11,13H,1,4-5H2,2-3H3/t7?,8?,10-/m1/s1. The maximum absolute atomic E-state index is 11.5. The minimum Gasteiger partial charge on any atom is -0.385 e. The first-order valence-electron chi connectivity index (χ1n) is 4.50. The lowest BCUT2D eigenvalue weighted by atomic mass is 9.73. The van der Waals surface area contributed by atoms with Gasteiger partial charge >= 0.3 is 0 Å². The van der Waals surface area contributed by atoms with Crippen LogP contribution in [-0.2, 0) is 4.79 Å². The van der Waals surface area contributed by atoms with Crippen molar-refractivity contribution in [2.45, 2.75) is 38.4 Å². The molecule has 1 saturated carbocycles. The van der Waals surface area contributed by atoms with Crippen LogP contribution in [0.15, 0.2) is 12.2 Å². The van der Waals surface area contributed by atoms with E-state index in [1.807, 2.05) is 0 Å². The number of aliphatic hydroxyl groups is 2. The van der Waals surface area contributed by atoms with E-state index in [1.54, 1.807) is 13.8 Å². The van der Waals surface area contributed by atoms with Gasteiger partial charge in [-0.05, 0) is 31.3 Å². The van der Waals surface area contributed by atoms with Crippen molar-refractivity contribution in [3.8, 4) is 0 Å². The summed E-state index contributed by atoms with van der Waals surface area (Å²) in [5, 5.41) is 19.4. The number of aliphatic hydroxyl groups excluding tert-OH is 1. The average Bonchev–Trinajstić information content (AvgIpc) is 2.08. The van der Waals surface area contributed by atoms with E-state index in [2.05, 4.69) is 6.58 Å². The Morgan fingerprint density at radius 3 is 2.69 bits per heavy atom. The molecule has 0 bridgehead atoms. The Kier molecular flexibility index (Phi) is 2.59. The molecule has 1 rings (SSSR count). The first-order chi connectivity index (χ1) is 5.89. The molecule has 13 heavy (non-hydrogen) atoms. The second kappa shape index (κ2) is 3.24. The monoisotopic (exact) mass is 184 g/mol. The highest BCUT2D eigenvalue weighted by molar-refractivity contribution is 5.94. The van der Waals surface area contributed by atoms with E-state index in [0.717, 1.165) is 0 Å². The van der Waals surface area contributed by atoms with Crippen LogP contribution in [0.25, 0.3) is 0 Å². The molecule has 0 aromatic carbocycles. The van der Waals surface area contributed by atoms with E-state index in [9.17, 15) is 15.0 Å². The lowest BCUT2D eigenvalue weighted by Gasteiger charge is -2.36. The highest BCUT2D eigenvalue weighted by atomic mass is 16.3. The molecule has 2 N–H and O–H groups in total. The van der Waals surface area contributed by atoms with Crippen LogP contribution in [-0.4, -0.2) is 27.7 Å². The largest absolute Gasteiger partial charge is 0.385 e. The minimum absolute atomic E-state index is 0.0628. The minimum atomic E-state index is -1.49. The lowest BCUT2D eigenvalue weighted by Crippen LogP contribution is -2.52. The third-order valence-electron chi connectivity index (χ3n) is 2.88. The smallest absolute Gasteiger partial charge is 0.197 e. The Morgan fingerprint density at radius 1 is 1.69 bits per heavy atom. The third kappa shape index (κ3) is 1.54. The van der Waals surface area contributed by atoms with Crippen LogP contribution < -0.4 is 0 Å². The predicted molar refractivity (Wildman–Crippen MR) is 49.2 cm³/mol. The second-order valence-corrected chi connectivity index (χ2v) is 3.97. The van der Waals surface area contributed by atoms with Crippen molar-refractivity contribution in [1.82, 2.24) is 0 Å². The molecule has 0 radical (unpaired) electrons. The molecular weight excluding hydrogens is 168 g/mol. The number of carbonyl (C=O) groups excluding carboxylic acids is 1. The van der Waals surface area contributed by atoms with Crippen molar-refractivity contribution in [2.24, 2.45) is 5.92 Å². The number of carbonyl (C=O) groups is 1. The van der Waals surface area contributed by atoms with Gasteiger partial charge in [0.2, 0.25) is 0 Å². The van der Waals surface area contributed by atoms with Gasteiger partial charge in [-0.2, -0.15) is 0 Å². The fourth-order valence-electron chi connectivity index (χ4n) is 1.64. The summed E-state index contributed by atoms with van der Waals surface area (Å²) in [4.78, 5) is 11.5. The Bertz CT molecular complexity index is 247. The Morgan fingerprint density at radius 2 is 2.23 bits per heavy atom. The van der Waals surface area contributed by atoms with Gasteiger partial charge in [-0.1, -0.05) is 13.5 Å². The van der Waals surface area contributed by atoms with Crippen molar-refractivity contribution >= 4 is 5.78 Å². The van der Waals surface area contributed by atoms with Gasteiger partial charge in [0.25, 0.3) is 0 Å². The van der Waals surface area contributed by atoms with Gasteiger partial charge in [0.1, 0.15) is 11.7 Å². The Labute approximate surface area is 78.1 Å². The number of ketones is 1. The molecule has 0 amide bonds. The van der Waals surface area contributed by atoms with Gasteiger partial charge in [-0.25, -0.2) is 0 Å². The molecule has 0 spiro atoms. The van der Waals surface area contributed by atoms with Crippen LogP contribution in [0.3, 0.4) is 0 Å². The normalized spacial score (nSPS) is 40.5. The molecule has 2 unspecified atom stereocenters. The van der Waals surface area contributed by atoms with E-state index >= 15 is 0 Å². The molecule has 74 valence electrons. The summed E-state index contributed by atoms with van der Waals surface area (Å²) in [6.45, 7) is 7.00. The van der Waals surface area contributed by atoms with Crippen LogP contribution in [0, 0.1) is 5.92 Å². The van der Waals surface area contributed by atoms with Crippen molar-refractivity contribution in [2.75, 3.05) is 0 Å². The van der Waals surface area contributed by atoms with Gasteiger partial charge in [0.15, 0.2) is 5.78 Å². The zero-order valence-corrected chi connectivity index (χ0v) is 8.08. The summed E-state index contributed by atoms with van der Waals surface area (Å²) in [5.74, 6) is -0.564. The fourth-order valence-corrected chi connectivity index (χ4v) is 1.64. The molecule has 0 aliphatic heterocycles. The van der Waals surface area contributed by atoms with E-state index in [1.165, 1.54) is 0 Å². The van der Waals surface area contributed by atoms with Gasteiger partial charge in [-0.3, -0.25) is 4.79 Å². The van der Waals surface area contributed by atoms with E-state index in [4.69, 9.17) is 0 Å². The number of rotatable bonds is 1. The molecule has 3 atom stereocenters. The molecule has 1 aliphatic rings. The maximum atomic E-state index is 11.5. The van der Waals surface area contributed by atoms with E-state index in [-0.39, 0.29) is 5.92 Å². The average molecular weight is 184 g/mol. The third-order valence-corrected chi connectivity index (χ3v) is 2.88. The van der Waals surface area contributed by atoms with Crippen molar-refractivity contribution in [1.29, 1.82) is 0 Å². The quantitative estimate of drug-likeness (QED) is 0.588. The van der Waals surface area contributed by atoms with Gasteiger partial charge in [0.05, 0.1) is 0 Å². The summed E-state index contributed by atoms with van der Waals surface area (Å²) in [7, 11) is 0. The zero-order valence-electron chi connectivity index (χ0n) is 8.08. The van der Waals surface area contributed by atoms with Crippen LogP contribution in [0.4, 0.5) is 0 Å². The second-order valence-electron chi connectivity index (χ2n) is 3.97. The van der Waals surface area contributed by atoms with Gasteiger partial charge < -0.3 is 10.2 Å². The fraction of sp³-hybridized carbons (Fsp3) is 0.700. The van der Waals surface area contributed by atoms with E-state index in [0.29, 0.717) is 18.4 Å². The number of hydrogen-bond donors (Lipinski definition) is 2. The lowest BCUT2D eigenvalue weighted by molar-refractivity contribution is -0.151. The number of Topliss-reactive ketones (excluding diaryl/α,β-unsaturated/α-hetero) is 1. The molecule has 0 heterocycles. The predicted octanol–water partition coefficient (Wildman–Crippen LogP) is 0.653. The summed E-state index contributed by atoms with van der Waals surface area (Å²) < 4.78 is 0. The zero-order chi connectivity index (χ0) is 10.2. The Balaban J connectivity index is 2.92. The topological polar surface area (TPSA) is 57.5 Å². The first-order valence-corrected chi connectivity index (χ1v) is 4.50. The molecule has 0 aromatic rings. The molecule has 0 saturated heterocycles. The summed E-state index contributed by atoms with van der Waals surface area (Å²) in [6, 6.07) is 0.